The van der Waals surface area contributed by atoms with Crippen molar-refractivity contribution in [2.45, 2.75) is 31.6 Å². The zero-order chi connectivity index (χ0) is 18.7. The van der Waals surface area contributed by atoms with Gasteiger partial charge in [-0.2, -0.15) is 8.42 Å². The molecule has 2 unspecified atom stereocenters. The van der Waals surface area contributed by atoms with Crippen molar-refractivity contribution >= 4 is 26.9 Å². The van der Waals surface area contributed by atoms with Gasteiger partial charge in [0.05, 0.1) is 0 Å². The van der Waals surface area contributed by atoms with E-state index in [9.17, 15) is 8.42 Å². The van der Waals surface area contributed by atoms with Gasteiger partial charge in [0.1, 0.15) is 9.94 Å². The fourth-order valence-corrected chi connectivity index (χ4v) is 4.63. The van der Waals surface area contributed by atoms with E-state index in [4.69, 9.17) is 4.28 Å². The maximum Gasteiger partial charge on any atom is 0.358 e. The molecule has 0 aromatic heterocycles. The Labute approximate surface area is 159 Å². The summed E-state index contributed by atoms with van der Waals surface area (Å²) < 4.78 is 29.7. The number of benzene rings is 2. The monoisotopic (exact) mass is 387 g/mol. The van der Waals surface area contributed by atoms with Gasteiger partial charge in [-0.3, -0.25) is 4.28 Å². The van der Waals surface area contributed by atoms with Gasteiger partial charge in [0, 0.05) is 5.92 Å². The van der Waals surface area contributed by atoms with Crippen LogP contribution < -0.4 is 0 Å². The van der Waals surface area contributed by atoms with Crippen LogP contribution in [0.4, 0.5) is 0 Å². The van der Waals surface area contributed by atoms with Gasteiger partial charge in [-0.25, -0.2) is 0 Å². The van der Waals surface area contributed by atoms with Crippen LogP contribution in [0.1, 0.15) is 29.5 Å². The number of hydrogen-bond acceptors (Lipinski definition) is 5. The first-order valence-corrected chi connectivity index (χ1v) is 10.6. The van der Waals surface area contributed by atoms with Crippen molar-refractivity contribution < 1.29 is 12.7 Å². The van der Waals surface area contributed by atoms with Gasteiger partial charge in [0.25, 0.3) is 0 Å². The standard InChI is InChI=1S/C20H21NO3S2/c1-14-8-10-17(11-9-14)26(22,23)24-21-20-19(12-13-25-20)16(3)18-7-5-4-6-15(18)2/h4-13,16,19H,1-3H3/b21-20-. The summed E-state index contributed by atoms with van der Waals surface area (Å²) in [5, 5.41) is 6.56. The number of rotatable bonds is 5. The minimum absolute atomic E-state index is 0.00526. The summed E-state index contributed by atoms with van der Waals surface area (Å²) in [4.78, 5) is 0.104. The normalized spacial score (nSPS) is 19.7. The molecule has 1 heterocycles. The second-order valence-corrected chi connectivity index (χ2v) is 8.84. The molecule has 0 saturated carbocycles. The third-order valence-corrected chi connectivity index (χ3v) is 6.51. The summed E-state index contributed by atoms with van der Waals surface area (Å²) in [6.07, 6.45) is 2.04. The first-order chi connectivity index (χ1) is 12.4. The van der Waals surface area contributed by atoms with Crippen molar-refractivity contribution in [3.05, 3.63) is 76.7 Å². The number of allylic oxidation sites excluding steroid dienone is 1. The molecule has 0 aliphatic carbocycles. The van der Waals surface area contributed by atoms with Crippen molar-refractivity contribution in [2.24, 2.45) is 11.1 Å². The van der Waals surface area contributed by atoms with E-state index in [2.05, 4.69) is 31.1 Å². The zero-order valence-electron chi connectivity index (χ0n) is 14.9. The van der Waals surface area contributed by atoms with Crippen LogP contribution in [0.2, 0.25) is 0 Å². The summed E-state index contributed by atoms with van der Waals surface area (Å²) in [6, 6.07) is 14.7. The molecule has 0 N–H and O–H groups in total. The van der Waals surface area contributed by atoms with Gasteiger partial charge >= 0.3 is 10.1 Å². The molecule has 2 aromatic rings. The molecule has 2 aromatic carbocycles. The molecule has 6 heteroatoms. The smallest absolute Gasteiger partial charge is 0.264 e. The summed E-state index contributed by atoms with van der Waals surface area (Å²) in [7, 11) is -3.92. The Bertz CT molecular complexity index is 947. The lowest BCUT2D eigenvalue weighted by Crippen LogP contribution is -2.15. The Morgan fingerprint density at radius 3 is 2.46 bits per heavy atom. The molecule has 0 saturated heterocycles. The van der Waals surface area contributed by atoms with Gasteiger partial charge in [0.15, 0.2) is 0 Å². The van der Waals surface area contributed by atoms with E-state index in [1.807, 2.05) is 30.5 Å². The van der Waals surface area contributed by atoms with Crippen LogP contribution in [0.25, 0.3) is 0 Å². The molecule has 0 spiro atoms. The van der Waals surface area contributed by atoms with Crippen LogP contribution >= 0.6 is 11.8 Å². The molecule has 0 bridgehead atoms. The second-order valence-electron chi connectivity index (χ2n) is 6.39. The maximum atomic E-state index is 12.3. The fraction of sp³-hybridized carbons (Fsp3) is 0.250. The summed E-state index contributed by atoms with van der Waals surface area (Å²) >= 11 is 1.40. The van der Waals surface area contributed by atoms with E-state index < -0.39 is 10.1 Å². The van der Waals surface area contributed by atoms with Crippen molar-refractivity contribution in [1.82, 2.24) is 0 Å². The molecular weight excluding hydrogens is 366 g/mol. The zero-order valence-corrected chi connectivity index (χ0v) is 16.5. The van der Waals surface area contributed by atoms with Gasteiger partial charge in [-0.15, -0.1) is 0 Å². The number of oxime groups is 1. The average Bonchev–Trinajstić information content (AvgIpc) is 3.09. The highest BCUT2D eigenvalue weighted by Gasteiger charge is 2.28. The van der Waals surface area contributed by atoms with Crippen molar-refractivity contribution in [1.29, 1.82) is 0 Å². The molecule has 1 aliphatic rings. The van der Waals surface area contributed by atoms with E-state index in [-0.39, 0.29) is 16.7 Å². The molecular formula is C20H21NO3S2. The minimum atomic E-state index is -3.92. The Hall–Kier alpha value is -2.05. The van der Waals surface area contributed by atoms with Crippen LogP contribution in [0.3, 0.4) is 0 Å². The van der Waals surface area contributed by atoms with E-state index in [1.54, 1.807) is 12.1 Å². The third-order valence-electron chi connectivity index (χ3n) is 4.51. The first kappa shape index (κ1) is 18.7. The quantitative estimate of drug-likeness (QED) is 0.677. The predicted octanol–water partition coefficient (Wildman–Crippen LogP) is 5.00. The number of aryl methyl sites for hydroxylation is 2. The van der Waals surface area contributed by atoms with Gasteiger partial charge in [0.2, 0.25) is 0 Å². The largest absolute Gasteiger partial charge is 0.358 e. The Morgan fingerprint density at radius 1 is 1.08 bits per heavy atom. The lowest BCUT2D eigenvalue weighted by atomic mass is 9.86. The molecule has 4 nitrogen and oxygen atoms in total. The highest BCUT2D eigenvalue weighted by atomic mass is 32.2. The van der Waals surface area contributed by atoms with E-state index >= 15 is 0 Å². The maximum absolute atomic E-state index is 12.3. The van der Waals surface area contributed by atoms with Crippen molar-refractivity contribution in [3.63, 3.8) is 0 Å². The van der Waals surface area contributed by atoms with Gasteiger partial charge in [-0.05, 0) is 48.4 Å². The Kier molecular flexibility index (Phi) is 5.53. The van der Waals surface area contributed by atoms with Crippen LogP contribution in [-0.4, -0.2) is 13.5 Å². The van der Waals surface area contributed by atoms with Crippen LogP contribution in [0, 0.1) is 19.8 Å². The molecule has 0 radical (unpaired) electrons. The fourth-order valence-electron chi connectivity index (χ4n) is 2.94. The first-order valence-electron chi connectivity index (χ1n) is 8.35. The minimum Gasteiger partial charge on any atom is -0.264 e. The lowest BCUT2D eigenvalue weighted by Gasteiger charge is -2.20. The van der Waals surface area contributed by atoms with E-state index in [0.29, 0.717) is 5.04 Å². The topological polar surface area (TPSA) is 55.7 Å². The molecule has 136 valence electrons. The number of hydrogen-bond donors (Lipinski definition) is 0. The highest BCUT2D eigenvalue weighted by molar-refractivity contribution is 8.16. The molecule has 3 rings (SSSR count). The van der Waals surface area contributed by atoms with Crippen LogP contribution in [-0.2, 0) is 14.4 Å². The number of nitrogens with zero attached hydrogens (tertiary/aromatic N) is 1. The second kappa shape index (κ2) is 7.68. The third kappa shape index (κ3) is 4.02. The van der Waals surface area contributed by atoms with Crippen molar-refractivity contribution in [3.8, 4) is 0 Å². The SMILES string of the molecule is Cc1ccc(S(=O)(=O)O/N=C2\SC=CC2C(C)c2ccccc2C)cc1. The predicted molar refractivity (Wildman–Crippen MR) is 107 cm³/mol. The van der Waals surface area contributed by atoms with Gasteiger partial charge in [-0.1, -0.05) is 71.9 Å². The summed E-state index contributed by atoms with van der Waals surface area (Å²) in [5.41, 5.74) is 3.41. The Morgan fingerprint density at radius 2 is 1.77 bits per heavy atom. The summed E-state index contributed by atoms with van der Waals surface area (Å²) in [6.45, 7) is 6.09. The number of thioether (sulfide) groups is 1. The van der Waals surface area contributed by atoms with Crippen LogP contribution in [0.15, 0.2) is 70.1 Å². The molecule has 0 fully saturated rings. The van der Waals surface area contributed by atoms with Crippen LogP contribution in [0.5, 0.6) is 0 Å². The Balaban J connectivity index is 1.80. The van der Waals surface area contributed by atoms with Gasteiger partial charge < -0.3 is 0 Å². The van der Waals surface area contributed by atoms with E-state index in [1.165, 1.54) is 35.0 Å². The summed E-state index contributed by atoms with van der Waals surface area (Å²) in [5.74, 6) is 0.168. The molecule has 0 amide bonds. The van der Waals surface area contributed by atoms with Crippen molar-refractivity contribution in [2.75, 3.05) is 0 Å². The molecule has 1 aliphatic heterocycles. The average molecular weight is 388 g/mol. The van der Waals surface area contributed by atoms with E-state index in [0.717, 1.165) is 5.56 Å². The molecule has 2 atom stereocenters. The highest BCUT2D eigenvalue weighted by Crippen LogP contribution is 2.37. The molecule has 26 heavy (non-hydrogen) atoms. The lowest BCUT2D eigenvalue weighted by molar-refractivity contribution is 0.337.